The number of fused-ring (bicyclic) bond motifs is 1. The van der Waals surface area contributed by atoms with Gasteiger partial charge in [0.25, 0.3) is 0 Å². The van der Waals surface area contributed by atoms with Gasteiger partial charge in [0, 0.05) is 23.5 Å². The molecule has 24 heavy (non-hydrogen) atoms. The molecule has 3 aromatic rings. The number of hydrogen-bond donors (Lipinski definition) is 1. The number of benzene rings is 2. The standard InChI is InChI=1S/C20H22N4/c1-24(2)13-14-7-3-4-8-16(14)19-22-18-10-6-5-9-17(18)20(23-19)21-15-11-12-15/h3-10,15H,11-13H2,1-2H3,(H,21,22,23). The maximum absolute atomic E-state index is 4.88. The quantitative estimate of drug-likeness (QED) is 0.774. The molecule has 1 aliphatic rings. The average Bonchev–Trinajstić information content (AvgIpc) is 3.39. The predicted molar refractivity (Wildman–Crippen MR) is 99.0 cm³/mol. The first-order valence-corrected chi connectivity index (χ1v) is 8.47. The SMILES string of the molecule is CN(C)Cc1ccccc1-c1nc(NC2CC2)c2ccccc2n1. The van der Waals surface area contributed by atoms with Crippen molar-refractivity contribution in [2.75, 3.05) is 19.4 Å². The molecule has 1 aromatic heterocycles. The maximum Gasteiger partial charge on any atom is 0.162 e. The molecule has 0 bridgehead atoms. The summed E-state index contributed by atoms with van der Waals surface area (Å²) in [6, 6.07) is 17.2. The van der Waals surface area contributed by atoms with Crippen molar-refractivity contribution in [2.24, 2.45) is 0 Å². The lowest BCUT2D eigenvalue weighted by Crippen LogP contribution is -2.12. The van der Waals surface area contributed by atoms with Crippen LogP contribution in [0.1, 0.15) is 18.4 Å². The van der Waals surface area contributed by atoms with E-state index in [0.717, 1.165) is 34.7 Å². The molecule has 1 saturated carbocycles. The van der Waals surface area contributed by atoms with Crippen molar-refractivity contribution in [3.8, 4) is 11.4 Å². The number of nitrogens with zero attached hydrogens (tertiary/aromatic N) is 3. The van der Waals surface area contributed by atoms with E-state index in [-0.39, 0.29) is 0 Å². The first-order valence-electron chi connectivity index (χ1n) is 8.47. The van der Waals surface area contributed by atoms with Gasteiger partial charge in [0.1, 0.15) is 5.82 Å². The Hall–Kier alpha value is -2.46. The van der Waals surface area contributed by atoms with Crippen LogP contribution < -0.4 is 5.32 Å². The Morgan fingerprint density at radius 3 is 2.54 bits per heavy atom. The predicted octanol–water partition coefficient (Wildman–Crippen LogP) is 3.93. The van der Waals surface area contributed by atoms with Crippen molar-refractivity contribution in [3.05, 3.63) is 54.1 Å². The van der Waals surface area contributed by atoms with Gasteiger partial charge in [-0.2, -0.15) is 0 Å². The first kappa shape index (κ1) is 15.1. The summed E-state index contributed by atoms with van der Waals surface area (Å²) in [5.41, 5.74) is 3.34. The molecule has 4 heteroatoms. The molecule has 0 saturated heterocycles. The van der Waals surface area contributed by atoms with Crippen LogP contribution in [-0.2, 0) is 6.54 Å². The van der Waals surface area contributed by atoms with E-state index in [9.17, 15) is 0 Å². The minimum Gasteiger partial charge on any atom is -0.367 e. The topological polar surface area (TPSA) is 41.1 Å². The van der Waals surface area contributed by atoms with Gasteiger partial charge in [-0.1, -0.05) is 36.4 Å². The second-order valence-corrected chi connectivity index (χ2v) is 6.73. The maximum atomic E-state index is 4.88. The van der Waals surface area contributed by atoms with Crippen LogP contribution in [0, 0.1) is 0 Å². The summed E-state index contributed by atoms with van der Waals surface area (Å²) in [6.07, 6.45) is 2.45. The van der Waals surface area contributed by atoms with Crippen LogP contribution in [0.3, 0.4) is 0 Å². The summed E-state index contributed by atoms with van der Waals surface area (Å²) < 4.78 is 0. The molecular formula is C20H22N4. The van der Waals surface area contributed by atoms with E-state index < -0.39 is 0 Å². The number of nitrogens with one attached hydrogen (secondary N) is 1. The van der Waals surface area contributed by atoms with Crippen molar-refractivity contribution >= 4 is 16.7 Å². The van der Waals surface area contributed by atoms with E-state index in [1.54, 1.807) is 0 Å². The smallest absolute Gasteiger partial charge is 0.162 e. The molecule has 1 heterocycles. The Morgan fingerprint density at radius 1 is 1.00 bits per heavy atom. The van der Waals surface area contributed by atoms with Crippen molar-refractivity contribution in [1.82, 2.24) is 14.9 Å². The number of anilines is 1. The van der Waals surface area contributed by atoms with E-state index in [0.29, 0.717) is 6.04 Å². The first-order chi connectivity index (χ1) is 11.7. The second kappa shape index (κ2) is 6.21. The van der Waals surface area contributed by atoms with Crippen LogP contribution in [0.2, 0.25) is 0 Å². The zero-order valence-corrected chi connectivity index (χ0v) is 14.2. The molecule has 2 aromatic carbocycles. The van der Waals surface area contributed by atoms with Crippen LogP contribution in [-0.4, -0.2) is 35.0 Å². The fourth-order valence-electron chi connectivity index (χ4n) is 2.95. The molecular weight excluding hydrogens is 296 g/mol. The van der Waals surface area contributed by atoms with Gasteiger partial charge >= 0.3 is 0 Å². The van der Waals surface area contributed by atoms with Gasteiger partial charge in [0.05, 0.1) is 5.52 Å². The summed E-state index contributed by atoms with van der Waals surface area (Å²) in [4.78, 5) is 11.9. The van der Waals surface area contributed by atoms with E-state index in [4.69, 9.17) is 9.97 Å². The highest BCUT2D eigenvalue weighted by molar-refractivity contribution is 5.90. The Kier molecular flexibility index (Phi) is 3.90. The lowest BCUT2D eigenvalue weighted by Gasteiger charge is -2.15. The van der Waals surface area contributed by atoms with Gasteiger partial charge in [-0.3, -0.25) is 0 Å². The summed E-state index contributed by atoms with van der Waals surface area (Å²) in [6.45, 7) is 0.873. The fourth-order valence-corrected chi connectivity index (χ4v) is 2.95. The number of hydrogen-bond acceptors (Lipinski definition) is 4. The van der Waals surface area contributed by atoms with Gasteiger partial charge < -0.3 is 10.2 Å². The van der Waals surface area contributed by atoms with Gasteiger partial charge in [-0.15, -0.1) is 0 Å². The molecule has 1 fully saturated rings. The fraction of sp³-hybridized carbons (Fsp3) is 0.300. The largest absolute Gasteiger partial charge is 0.367 e. The van der Waals surface area contributed by atoms with Crippen LogP contribution in [0.5, 0.6) is 0 Å². The van der Waals surface area contributed by atoms with Crippen molar-refractivity contribution in [1.29, 1.82) is 0 Å². The molecule has 0 radical (unpaired) electrons. The Bertz CT molecular complexity index is 868. The molecule has 1 N–H and O–H groups in total. The molecule has 1 aliphatic carbocycles. The van der Waals surface area contributed by atoms with Crippen molar-refractivity contribution < 1.29 is 0 Å². The molecule has 0 aliphatic heterocycles. The van der Waals surface area contributed by atoms with Crippen LogP contribution in [0.15, 0.2) is 48.5 Å². The monoisotopic (exact) mass is 318 g/mol. The summed E-state index contributed by atoms with van der Waals surface area (Å²) >= 11 is 0. The molecule has 4 rings (SSSR count). The highest BCUT2D eigenvalue weighted by Gasteiger charge is 2.23. The van der Waals surface area contributed by atoms with E-state index in [1.165, 1.54) is 18.4 Å². The zero-order chi connectivity index (χ0) is 16.5. The lowest BCUT2D eigenvalue weighted by atomic mass is 10.1. The normalized spacial score (nSPS) is 14.3. The molecule has 122 valence electrons. The van der Waals surface area contributed by atoms with Gasteiger partial charge in [-0.25, -0.2) is 9.97 Å². The van der Waals surface area contributed by atoms with Gasteiger partial charge in [0.2, 0.25) is 0 Å². The van der Waals surface area contributed by atoms with Crippen LogP contribution >= 0.6 is 0 Å². The third-order valence-electron chi connectivity index (χ3n) is 4.27. The third-order valence-corrected chi connectivity index (χ3v) is 4.27. The van der Waals surface area contributed by atoms with E-state index >= 15 is 0 Å². The third kappa shape index (κ3) is 3.10. The Balaban J connectivity index is 1.85. The van der Waals surface area contributed by atoms with Crippen LogP contribution in [0.25, 0.3) is 22.3 Å². The van der Waals surface area contributed by atoms with Crippen molar-refractivity contribution in [3.63, 3.8) is 0 Å². The van der Waals surface area contributed by atoms with E-state index in [1.807, 2.05) is 12.1 Å². The highest BCUT2D eigenvalue weighted by atomic mass is 15.1. The average molecular weight is 318 g/mol. The van der Waals surface area contributed by atoms with E-state index in [2.05, 4.69) is 60.7 Å². The van der Waals surface area contributed by atoms with Crippen molar-refractivity contribution in [2.45, 2.75) is 25.4 Å². The molecule has 0 spiro atoms. The van der Waals surface area contributed by atoms with Gasteiger partial charge in [-0.05, 0) is 44.6 Å². The number of rotatable bonds is 5. The van der Waals surface area contributed by atoms with Crippen LogP contribution in [0.4, 0.5) is 5.82 Å². The molecule has 0 amide bonds. The minimum absolute atomic E-state index is 0.563. The lowest BCUT2D eigenvalue weighted by molar-refractivity contribution is 0.403. The summed E-state index contributed by atoms with van der Waals surface area (Å²) in [5.74, 6) is 1.76. The Labute approximate surface area is 142 Å². The highest BCUT2D eigenvalue weighted by Crippen LogP contribution is 2.31. The summed E-state index contributed by atoms with van der Waals surface area (Å²) in [7, 11) is 4.16. The summed E-state index contributed by atoms with van der Waals surface area (Å²) in [5, 5.41) is 4.66. The number of para-hydroxylation sites is 1. The Morgan fingerprint density at radius 2 is 1.75 bits per heavy atom. The molecule has 0 unspecified atom stereocenters. The number of aromatic nitrogens is 2. The minimum atomic E-state index is 0.563. The molecule has 4 nitrogen and oxygen atoms in total. The van der Waals surface area contributed by atoms with Gasteiger partial charge in [0.15, 0.2) is 5.82 Å². The molecule has 0 atom stereocenters. The second-order valence-electron chi connectivity index (χ2n) is 6.73. The zero-order valence-electron chi connectivity index (χ0n) is 14.2.